The molecule has 1 aromatic heterocycles. The highest BCUT2D eigenvalue weighted by Gasteiger charge is 2.29. The zero-order valence-electron chi connectivity index (χ0n) is 24.6. The number of aryl methyl sites for hydroxylation is 3. The van der Waals surface area contributed by atoms with Crippen LogP contribution in [0.2, 0.25) is 0 Å². The Hall–Kier alpha value is -3.93. The minimum atomic E-state index is -1.27. The molecule has 6 nitrogen and oxygen atoms in total. The SMILES string of the molecule is Cc1ccc(Cc2nc(CCCc3ccc(OC(C)(C)C(=O)O)cc3)n(Cc3ccc(C(C)(C)C)cc3)n2)cc1. The van der Waals surface area contributed by atoms with Gasteiger partial charge in [0.05, 0.1) is 6.54 Å². The molecule has 0 radical (unpaired) electrons. The van der Waals surface area contributed by atoms with Crippen LogP contribution in [0, 0.1) is 6.92 Å². The van der Waals surface area contributed by atoms with Crippen molar-refractivity contribution in [3.8, 4) is 5.75 Å². The van der Waals surface area contributed by atoms with Gasteiger partial charge in [-0.15, -0.1) is 0 Å². The van der Waals surface area contributed by atoms with Crippen molar-refractivity contribution in [1.29, 1.82) is 0 Å². The van der Waals surface area contributed by atoms with Crippen LogP contribution < -0.4 is 4.74 Å². The Morgan fingerprint density at radius 3 is 2.02 bits per heavy atom. The molecule has 0 aliphatic rings. The van der Waals surface area contributed by atoms with Gasteiger partial charge in [0.15, 0.2) is 11.4 Å². The number of carboxylic acids is 1. The quantitative estimate of drug-likeness (QED) is 0.223. The minimum Gasteiger partial charge on any atom is -0.478 e. The lowest BCUT2D eigenvalue weighted by Crippen LogP contribution is -2.37. The van der Waals surface area contributed by atoms with Crippen LogP contribution in [0.3, 0.4) is 0 Å². The molecule has 4 aromatic rings. The van der Waals surface area contributed by atoms with Crippen LogP contribution >= 0.6 is 0 Å². The molecule has 40 heavy (non-hydrogen) atoms. The van der Waals surface area contributed by atoms with Crippen LogP contribution in [0.1, 0.15) is 80.5 Å². The topological polar surface area (TPSA) is 77.2 Å². The van der Waals surface area contributed by atoms with E-state index in [4.69, 9.17) is 14.8 Å². The molecule has 6 heteroatoms. The molecule has 0 saturated heterocycles. The Morgan fingerprint density at radius 2 is 1.43 bits per heavy atom. The van der Waals surface area contributed by atoms with Gasteiger partial charge in [-0.05, 0) is 73.4 Å². The van der Waals surface area contributed by atoms with Crippen molar-refractivity contribution in [2.75, 3.05) is 0 Å². The van der Waals surface area contributed by atoms with Gasteiger partial charge < -0.3 is 9.84 Å². The van der Waals surface area contributed by atoms with Crippen LogP contribution in [-0.4, -0.2) is 31.4 Å². The summed E-state index contributed by atoms with van der Waals surface area (Å²) in [6.07, 6.45) is 3.32. The van der Waals surface area contributed by atoms with E-state index in [9.17, 15) is 9.90 Å². The molecule has 0 unspecified atom stereocenters. The molecular weight excluding hydrogens is 498 g/mol. The van der Waals surface area contributed by atoms with Gasteiger partial charge in [0, 0.05) is 12.8 Å². The summed E-state index contributed by atoms with van der Waals surface area (Å²) in [4.78, 5) is 16.3. The third-order valence-corrected chi connectivity index (χ3v) is 7.10. The average molecular weight is 540 g/mol. The third-order valence-electron chi connectivity index (χ3n) is 7.10. The second-order valence-corrected chi connectivity index (χ2v) is 12.1. The van der Waals surface area contributed by atoms with E-state index in [1.807, 2.05) is 24.3 Å². The lowest BCUT2D eigenvalue weighted by molar-refractivity contribution is -0.152. The number of rotatable bonds is 11. The molecule has 0 atom stereocenters. The number of benzene rings is 3. The molecule has 3 aromatic carbocycles. The Bertz CT molecular complexity index is 1410. The van der Waals surface area contributed by atoms with Crippen LogP contribution in [0.15, 0.2) is 72.8 Å². The maximum absolute atomic E-state index is 11.3. The van der Waals surface area contributed by atoms with Crippen LogP contribution in [0.5, 0.6) is 5.75 Å². The maximum Gasteiger partial charge on any atom is 0.347 e. The van der Waals surface area contributed by atoms with Gasteiger partial charge in [0.25, 0.3) is 0 Å². The highest BCUT2D eigenvalue weighted by Crippen LogP contribution is 2.23. The lowest BCUT2D eigenvalue weighted by Gasteiger charge is -2.21. The summed E-state index contributed by atoms with van der Waals surface area (Å²) in [5, 5.41) is 14.2. The van der Waals surface area contributed by atoms with Gasteiger partial charge in [0.2, 0.25) is 0 Å². The van der Waals surface area contributed by atoms with Gasteiger partial charge in [0.1, 0.15) is 11.6 Å². The molecule has 0 saturated carbocycles. The summed E-state index contributed by atoms with van der Waals surface area (Å²) in [7, 11) is 0. The van der Waals surface area contributed by atoms with E-state index in [1.165, 1.54) is 27.8 Å². The summed E-state index contributed by atoms with van der Waals surface area (Å²) in [6.45, 7) is 12.6. The summed E-state index contributed by atoms with van der Waals surface area (Å²) in [6, 6.07) is 25.0. The van der Waals surface area contributed by atoms with E-state index in [0.717, 1.165) is 30.9 Å². The van der Waals surface area contributed by atoms with Crippen molar-refractivity contribution < 1.29 is 14.6 Å². The number of ether oxygens (including phenoxy) is 1. The van der Waals surface area contributed by atoms with Gasteiger partial charge in [-0.25, -0.2) is 14.5 Å². The van der Waals surface area contributed by atoms with E-state index >= 15 is 0 Å². The first-order valence-corrected chi connectivity index (χ1v) is 14.0. The Kier molecular flexibility index (Phi) is 8.77. The largest absolute Gasteiger partial charge is 0.478 e. The zero-order chi connectivity index (χ0) is 28.9. The summed E-state index contributed by atoms with van der Waals surface area (Å²) in [5.41, 5.74) is 5.00. The number of hydrogen-bond acceptors (Lipinski definition) is 4. The Balaban J connectivity index is 1.45. The number of carboxylic acid groups (broad SMARTS) is 1. The van der Waals surface area contributed by atoms with E-state index < -0.39 is 11.6 Å². The van der Waals surface area contributed by atoms with E-state index in [2.05, 4.69) is 80.9 Å². The average Bonchev–Trinajstić information content (AvgIpc) is 3.26. The fraction of sp³-hybridized carbons (Fsp3) is 0.382. The van der Waals surface area contributed by atoms with Crippen molar-refractivity contribution in [2.24, 2.45) is 0 Å². The molecule has 1 heterocycles. The van der Waals surface area contributed by atoms with Crippen LogP contribution in [0.25, 0.3) is 0 Å². The molecule has 0 amide bonds. The van der Waals surface area contributed by atoms with Crippen LogP contribution in [0.4, 0.5) is 0 Å². The smallest absolute Gasteiger partial charge is 0.347 e. The summed E-state index contributed by atoms with van der Waals surface area (Å²) in [5.74, 6) is 1.39. The van der Waals surface area contributed by atoms with Gasteiger partial charge in [-0.3, -0.25) is 0 Å². The van der Waals surface area contributed by atoms with Crippen molar-refractivity contribution in [2.45, 2.75) is 84.8 Å². The number of aliphatic carboxylic acids is 1. The minimum absolute atomic E-state index is 0.120. The fourth-order valence-corrected chi connectivity index (χ4v) is 4.50. The third kappa shape index (κ3) is 7.81. The van der Waals surface area contributed by atoms with E-state index in [0.29, 0.717) is 18.7 Å². The van der Waals surface area contributed by atoms with Crippen molar-refractivity contribution >= 4 is 5.97 Å². The normalized spacial score (nSPS) is 11.9. The lowest BCUT2D eigenvalue weighted by atomic mass is 9.87. The first-order valence-electron chi connectivity index (χ1n) is 14.0. The zero-order valence-corrected chi connectivity index (χ0v) is 24.6. The molecule has 1 N–H and O–H groups in total. The molecule has 0 bridgehead atoms. The first-order chi connectivity index (χ1) is 18.9. The number of aromatic nitrogens is 3. The molecule has 210 valence electrons. The highest BCUT2D eigenvalue weighted by molar-refractivity contribution is 5.76. The number of nitrogens with zero attached hydrogens (tertiary/aromatic N) is 3. The molecular formula is C34H41N3O3. The standard InChI is InChI=1S/C34H41N3O3/c1-24-10-12-26(13-11-24)22-30-35-31(37(36-30)23-27-14-18-28(19-15-27)33(2,3)4)9-7-8-25-16-20-29(21-17-25)40-34(5,6)32(38)39/h10-21H,7-9,22-23H2,1-6H3,(H,38,39). The van der Waals surface area contributed by atoms with Gasteiger partial charge in [-0.2, -0.15) is 5.10 Å². The van der Waals surface area contributed by atoms with Crippen molar-refractivity contribution in [3.05, 3.63) is 112 Å². The van der Waals surface area contributed by atoms with Crippen molar-refractivity contribution in [1.82, 2.24) is 14.8 Å². The maximum atomic E-state index is 11.3. The van der Waals surface area contributed by atoms with E-state index in [-0.39, 0.29) is 5.41 Å². The molecule has 0 fully saturated rings. The molecule has 0 aliphatic carbocycles. The fourth-order valence-electron chi connectivity index (χ4n) is 4.50. The molecule has 0 aliphatic heterocycles. The Labute approximate surface area is 238 Å². The Morgan fingerprint density at radius 1 is 0.825 bits per heavy atom. The second-order valence-electron chi connectivity index (χ2n) is 12.1. The van der Waals surface area contributed by atoms with Crippen molar-refractivity contribution in [3.63, 3.8) is 0 Å². The molecule has 0 spiro atoms. The monoisotopic (exact) mass is 539 g/mol. The predicted octanol–water partition coefficient (Wildman–Crippen LogP) is 6.94. The van der Waals surface area contributed by atoms with Gasteiger partial charge in [-0.1, -0.05) is 87.0 Å². The summed E-state index contributed by atoms with van der Waals surface area (Å²) < 4.78 is 7.68. The predicted molar refractivity (Wildman–Crippen MR) is 159 cm³/mol. The number of hydrogen-bond donors (Lipinski definition) is 1. The summed E-state index contributed by atoms with van der Waals surface area (Å²) >= 11 is 0. The van der Waals surface area contributed by atoms with Gasteiger partial charge >= 0.3 is 5.97 Å². The van der Waals surface area contributed by atoms with E-state index in [1.54, 1.807) is 13.8 Å². The number of carbonyl (C=O) groups is 1. The molecule has 4 rings (SSSR count). The first kappa shape index (κ1) is 29.1. The van der Waals surface area contributed by atoms with Crippen LogP contribution in [-0.2, 0) is 36.0 Å². The highest BCUT2D eigenvalue weighted by atomic mass is 16.5. The second kappa shape index (κ2) is 12.1.